The molecule has 0 saturated carbocycles. The van der Waals surface area contributed by atoms with Gasteiger partial charge in [0.05, 0.1) is 26.3 Å². The standard InChI is InChI=1S/C19H28N4O2/c1-22(14-19-20-9-10-21-19)15-7-11-23(12-8-15)13-16-17(24-2)5-4-6-18(16)25-3/h4-6,9-10,15H,7-8,11-14H2,1-3H3,(H,20,21). The van der Waals surface area contributed by atoms with Crippen molar-refractivity contribution in [1.29, 1.82) is 0 Å². The summed E-state index contributed by atoms with van der Waals surface area (Å²) >= 11 is 0. The lowest BCUT2D eigenvalue weighted by Gasteiger charge is -2.36. The fourth-order valence-electron chi connectivity index (χ4n) is 3.58. The monoisotopic (exact) mass is 344 g/mol. The van der Waals surface area contributed by atoms with Crippen molar-refractivity contribution in [1.82, 2.24) is 19.8 Å². The molecule has 2 aromatic rings. The lowest BCUT2D eigenvalue weighted by molar-refractivity contribution is 0.116. The van der Waals surface area contributed by atoms with E-state index in [4.69, 9.17) is 9.47 Å². The Morgan fingerprint density at radius 1 is 1.20 bits per heavy atom. The van der Waals surface area contributed by atoms with Crippen LogP contribution < -0.4 is 9.47 Å². The summed E-state index contributed by atoms with van der Waals surface area (Å²) in [5.41, 5.74) is 1.13. The van der Waals surface area contributed by atoms with Crippen molar-refractivity contribution < 1.29 is 9.47 Å². The molecule has 1 aliphatic rings. The molecule has 1 aliphatic heterocycles. The fourth-order valence-corrected chi connectivity index (χ4v) is 3.58. The number of nitrogens with one attached hydrogen (secondary N) is 1. The number of benzene rings is 1. The van der Waals surface area contributed by atoms with Crippen LogP contribution in [0.1, 0.15) is 24.2 Å². The quantitative estimate of drug-likeness (QED) is 0.836. The van der Waals surface area contributed by atoms with Crippen molar-refractivity contribution in [2.75, 3.05) is 34.4 Å². The number of rotatable bonds is 7. The molecule has 136 valence electrons. The third-order valence-electron chi connectivity index (χ3n) is 5.05. The highest BCUT2D eigenvalue weighted by molar-refractivity contribution is 5.44. The van der Waals surface area contributed by atoms with Crippen LogP contribution in [0.2, 0.25) is 0 Å². The highest BCUT2D eigenvalue weighted by Gasteiger charge is 2.24. The molecule has 0 bridgehead atoms. The van der Waals surface area contributed by atoms with Gasteiger partial charge < -0.3 is 14.5 Å². The number of piperidine rings is 1. The van der Waals surface area contributed by atoms with Crippen molar-refractivity contribution >= 4 is 0 Å². The second-order valence-corrected chi connectivity index (χ2v) is 6.60. The van der Waals surface area contributed by atoms with Crippen LogP contribution in [0, 0.1) is 0 Å². The molecule has 0 aliphatic carbocycles. The van der Waals surface area contributed by atoms with Crippen LogP contribution in [0.25, 0.3) is 0 Å². The maximum absolute atomic E-state index is 5.52. The van der Waals surface area contributed by atoms with Gasteiger partial charge in [-0.2, -0.15) is 0 Å². The first-order chi connectivity index (χ1) is 12.2. The van der Waals surface area contributed by atoms with Crippen LogP contribution in [-0.4, -0.2) is 60.2 Å². The minimum absolute atomic E-state index is 0.598. The van der Waals surface area contributed by atoms with Crippen molar-refractivity contribution in [2.45, 2.75) is 32.0 Å². The maximum Gasteiger partial charge on any atom is 0.127 e. The summed E-state index contributed by atoms with van der Waals surface area (Å²) in [4.78, 5) is 12.4. The van der Waals surface area contributed by atoms with E-state index in [9.17, 15) is 0 Å². The smallest absolute Gasteiger partial charge is 0.127 e. The summed E-state index contributed by atoms with van der Waals surface area (Å²) in [6.45, 7) is 3.89. The van der Waals surface area contributed by atoms with Crippen LogP contribution in [0.4, 0.5) is 0 Å². The van der Waals surface area contributed by atoms with Crippen LogP contribution in [0.5, 0.6) is 11.5 Å². The van der Waals surface area contributed by atoms with Gasteiger partial charge in [-0.15, -0.1) is 0 Å². The third-order valence-corrected chi connectivity index (χ3v) is 5.05. The van der Waals surface area contributed by atoms with Crippen molar-refractivity contribution in [3.8, 4) is 11.5 Å². The SMILES string of the molecule is COc1cccc(OC)c1CN1CCC(N(C)Cc2ncc[nH]2)CC1. The summed E-state index contributed by atoms with van der Waals surface area (Å²) in [6.07, 6.45) is 6.02. The van der Waals surface area contributed by atoms with Gasteiger partial charge in [-0.1, -0.05) is 6.07 Å². The number of ether oxygens (including phenoxy) is 2. The molecule has 0 atom stereocenters. The minimum atomic E-state index is 0.598. The maximum atomic E-state index is 5.52. The van der Waals surface area contributed by atoms with Crippen molar-refractivity contribution in [3.05, 3.63) is 42.0 Å². The molecule has 6 heteroatoms. The molecule has 0 spiro atoms. The molecule has 1 saturated heterocycles. The van der Waals surface area contributed by atoms with E-state index >= 15 is 0 Å². The van der Waals surface area contributed by atoms with E-state index in [2.05, 4.69) is 26.8 Å². The van der Waals surface area contributed by atoms with Gasteiger partial charge in [0.1, 0.15) is 17.3 Å². The van der Waals surface area contributed by atoms with Gasteiger partial charge in [0, 0.05) is 25.0 Å². The van der Waals surface area contributed by atoms with Gasteiger partial charge in [0.15, 0.2) is 0 Å². The molecule has 0 amide bonds. The average Bonchev–Trinajstić information content (AvgIpc) is 3.15. The summed E-state index contributed by atoms with van der Waals surface area (Å²) in [7, 11) is 5.62. The van der Waals surface area contributed by atoms with Crippen molar-refractivity contribution in [2.24, 2.45) is 0 Å². The molecule has 2 heterocycles. The van der Waals surface area contributed by atoms with E-state index in [1.807, 2.05) is 30.6 Å². The third kappa shape index (κ3) is 4.32. The summed E-state index contributed by atoms with van der Waals surface area (Å²) in [6, 6.07) is 6.57. The van der Waals surface area contributed by atoms with Crippen LogP contribution in [0.3, 0.4) is 0 Å². The van der Waals surface area contributed by atoms with E-state index in [1.54, 1.807) is 14.2 Å². The zero-order valence-corrected chi connectivity index (χ0v) is 15.4. The number of aromatic amines is 1. The molecule has 6 nitrogen and oxygen atoms in total. The van der Waals surface area contributed by atoms with Gasteiger partial charge >= 0.3 is 0 Å². The zero-order chi connectivity index (χ0) is 17.6. The van der Waals surface area contributed by atoms with Gasteiger partial charge in [0.2, 0.25) is 0 Å². The fraction of sp³-hybridized carbons (Fsp3) is 0.526. The predicted molar refractivity (Wildman–Crippen MR) is 97.9 cm³/mol. The Labute approximate surface area is 149 Å². The van der Waals surface area contributed by atoms with E-state index in [-0.39, 0.29) is 0 Å². The number of nitrogens with zero attached hydrogens (tertiary/aromatic N) is 3. The number of aromatic nitrogens is 2. The number of hydrogen-bond acceptors (Lipinski definition) is 5. The highest BCUT2D eigenvalue weighted by Crippen LogP contribution is 2.30. The van der Waals surface area contributed by atoms with E-state index in [0.29, 0.717) is 6.04 Å². The van der Waals surface area contributed by atoms with E-state index < -0.39 is 0 Å². The Morgan fingerprint density at radius 2 is 1.88 bits per heavy atom. The lowest BCUT2D eigenvalue weighted by atomic mass is 10.0. The lowest BCUT2D eigenvalue weighted by Crippen LogP contribution is -2.42. The average molecular weight is 344 g/mol. The predicted octanol–water partition coefficient (Wildman–Crippen LogP) is 2.52. The Kier molecular flexibility index (Phi) is 5.94. The molecule has 3 rings (SSSR count). The molecule has 1 aromatic carbocycles. The van der Waals surface area contributed by atoms with Gasteiger partial charge in [-0.25, -0.2) is 4.98 Å². The van der Waals surface area contributed by atoms with Gasteiger partial charge in [-0.3, -0.25) is 9.80 Å². The van der Waals surface area contributed by atoms with Crippen LogP contribution in [0.15, 0.2) is 30.6 Å². The molecule has 25 heavy (non-hydrogen) atoms. The van der Waals surface area contributed by atoms with Crippen LogP contribution >= 0.6 is 0 Å². The molecule has 0 unspecified atom stereocenters. The largest absolute Gasteiger partial charge is 0.496 e. The second kappa shape index (κ2) is 8.36. The Morgan fingerprint density at radius 3 is 2.44 bits per heavy atom. The van der Waals surface area contributed by atoms with Crippen molar-refractivity contribution in [3.63, 3.8) is 0 Å². The van der Waals surface area contributed by atoms with E-state index in [1.165, 1.54) is 0 Å². The Bertz CT molecular complexity index is 629. The number of hydrogen-bond donors (Lipinski definition) is 1. The van der Waals surface area contributed by atoms with Crippen LogP contribution in [-0.2, 0) is 13.1 Å². The normalized spacial score (nSPS) is 16.3. The number of likely N-dealkylation sites (tertiary alicyclic amines) is 1. The molecule has 1 aromatic heterocycles. The number of methoxy groups -OCH3 is 2. The van der Waals surface area contributed by atoms with Gasteiger partial charge in [-0.05, 0) is 45.1 Å². The molecule has 1 fully saturated rings. The molecule has 0 radical (unpaired) electrons. The second-order valence-electron chi connectivity index (χ2n) is 6.60. The summed E-state index contributed by atoms with van der Waals surface area (Å²) in [5, 5.41) is 0. The minimum Gasteiger partial charge on any atom is -0.496 e. The summed E-state index contributed by atoms with van der Waals surface area (Å²) in [5.74, 6) is 2.83. The molecular formula is C19H28N4O2. The topological polar surface area (TPSA) is 53.6 Å². The Hall–Kier alpha value is -2.05. The molecule has 1 N–H and O–H groups in total. The first kappa shape index (κ1) is 17.8. The first-order valence-corrected chi connectivity index (χ1v) is 8.82. The number of H-pyrrole nitrogens is 1. The summed E-state index contributed by atoms with van der Waals surface area (Å²) < 4.78 is 11.0. The first-order valence-electron chi connectivity index (χ1n) is 8.82. The highest BCUT2D eigenvalue weighted by atomic mass is 16.5. The molecular weight excluding hydrogens is 316 g/mol. The van der Waals surface area contributed by atoms with E-state index in [0.717, 1.165) is 61.9 Å². The van der Waals surface area contributed by atoms with Gasteiger partial charge in [0.25, 0.3) is 0 Å². The number of imidazole rings is 1. The Balaban J connectivity index is 1.56. The zero-order valence-electron chi connectivity index (χ0n) is 15.4.